The fourth-order valence-electron chi connectivity index (χ4n) is 11.7. The van der Waals surface area contributed by atoms with Crippen LogP contribution in [0.1, 0.15) is 354 Å². The van der Waals surface area contributed by atoms with Crippen molar-refractivity contribution in [1.82, 2.24) is 5.32 Å². The van der Waals surface area contributed by atoms with Gasteiger partial charge in [-0.15, -0.1) is 0 Å². The Bertz CT molecular complexity index is 1380. The number of nitrogens with one attached hydrogen (secondary N) is 1. The number of hydrogen-bond donors (Lipinski definition) is 8. The molecule has 1 rings (SSSR count). The Hall–Kier alpha value is -1.41. The van der Waals surface area contributed by atoms with E-state index in [4.69, 9.17) is 9.47 Å². The first kappa shape index (κ1) is 78.6. The van der Waals surface area contributed by atoms with Crippen molar-refractivity contribution in [2.75, 3.05) is 13.2 Å². The van der Waals surface area contributed by atoms with Crippen LogP contribution in [0.25, 0.3) is 0 Å². The molecule has 0 saturated carbocycles. The summed E-state index contributed by atoms with van der Waals surface area (Å²) in [5.74, 6) is -0.700. The fourth-order valence-corrected chi connectivity index (χ4v) is 11.7. The molecule has 0 radical (unpaired) electrons. The van der Waals surface area contributed by atoms with Crippen LogP contribution in [0.2, 0.25) is 0 Å². The highest BCUT2D eigenvalue weighted by molar-refractivity contribution is 5.80. The highest BCUT2D eigenvalue weighted by Gasteiger charge is 2.44. The van der Waals surface area contributed by atoms with Gasteiger partial charge in [0.25, 0.3) is 0 Å². The monoisotopic (exact) mass is 1160 g/mol. The van der Waals surface area contributed by atoms with Crippen molar-refractivity contribution in [3.05, 3.63) is 24.3 Å². The van der Waals surface area contributed by atoms with Gasteiger partial charge in [0.1, 0.15) is 36.6 Å². The standard InChI is InChI=1S/C71H137NO10/c1-3-5-7-9-11-13-15-17-19-21-22-23-24-25-26-27-28-29-30-31-32-33-34-35-36-37-38-39-40-41-43-45-47-49-51-53-55-57-59-64(75)70(80)72-62(61-81-71-69(79)68(78)67(77)65(60-73)82-71)66(76)63(74)58-56-54-52-50-48-46-44-42-20-18-16-14-12-10-8-6-4-2/h31-32,50,52,62-69,71,73-79H,3-30,33-49,51,53-61H2,1-2H3,(H,72,80)/b32-31-,52-50+. The molecule has 82 heavy (non-hydrogen) atoms. The summed E-state index contributed by atoms with van der Waals surface area (Å²) in [5.41, 5.74) is 0. The van der Waals surface area contributed by atoms with E-state index < -0.39 is 74.2 Å². The third-order valence-corrected chi connectivity index (χ3v) is 17.5. The fraction of sp³-hybridized carbons (Fsp3) is 0.930. The molecule has 1 aliphatic rings. The van der Waals surface area contributed by atoms with Crippen molar-refractivity contribution in [3.8, 4) is 0 Å². The minimum atomic E-state index is -1.67. The van der Waals surface area contributed by atoms with Crippen LogP contribution in [-0.2, 0) is 14.3 Å². The van der Waals surface area contributed by atoms with Crippen molar-refractivity contribution >= 4 is 5.91 Å². The molecule has 11 heteroatoms. The molecule has 1 heterocycles. The molecule has 0 aliphatic carbocycles. The summed E-state index contributed by atoms with van der Waals surface area (Å²) < 4.78 is 11.2. The summed E-state index contributed by atoms with van der Waals surface area (Å²) >= 11 is 0. The molecular formula is C71H137NO10. The predicted octanol–water partition coefficient (Wildman–Crippen LogP) is 17.2. The Kier molecular flexibility index (Phi) is 57.4. The van der Waals surface area contributed by atoms with Crippen LogP contribution in [-0.4, -0.2) is 110 Å². The van der Waals surface area contributed by atoms with E-state index in [1.807, 2.05) is 0 Å². The van der Waals surface area contributed by atoms with E-state index in [0.717, 1.165) is 38.5 Å². The van der Waals surface area contributed by atoms with E-state index in [1.165, 1.54) is 276 Å². The smallest absolute Gasteiger partial charge is 0.249 e. The lowest BCUT2D eigenvalue weighted by Crippen LogP contribution is -2.60. The van der Waals surface area contributed by atoms with Crippen LogP contribution in [0, 0.1) is 0 Å². The second-order valence-electron chi connectivity index (χ2n) is 25.3. The molecule has 1 saturated heterocycles. The molecule has 0 bridgehead atoms. The molecular weight excluding hydrogens is 1030 g/mol. The third-order valence-electron chi connectivity index (χ3n) is 17.5. The lowest BCUT2D eigenvalue weighted by molar-refractivity contribution is -0.303. The summed E-state index contributed by atoms with van der Waals surface area (Å²) in [6.07, 6.45) is 64.3. The van der Waals surface area contributed by atoms with Gasteiger partial charge in [-0.05, 0) is 64.2 Å². The number of hydrogen-bond acceptors (Lipinski definition) is 10. The van der Waals surface area contributed by atoms with Crippen LogP contribution in [0.5, 0.6) is 0 Å². The number of carbonyl (C=O) groups excluding carboxylic acids is 1. The summed E-state index contributed by atoms with van der Waals surface area (Å²) in [7, 11) is 0. The quantitative estimate of drug-likeness (QED) is 0.0215. The van der Waals surface area contributed by atoms with Crippen molar-refractivity contribution in [2.45, 2.75) is 409 Å². The number of aliphatic hydroxyl groups excluding tert-OH is 7. The number of unbranched alkanes of at least 4 members (excludes halogenated alkanes) is 47. The van der Waals surface area contributed by atoms with E-state index >= 15 is 0 Å². The average molecular weight is 1160 g/mol. The Labute approximate surface area is 505 Å². The van der Waals surface area contributed by atoms with Crippen molar-refractivity contribution < 1.29 is 50.0 Å². The van der Waals surface area contributed by atoms with Crippen molar-refractivity contribution in [2.24, 2.45) is 0 Å². The molecule has 0 aromatic carbocycles. The Morgan fingerprint density at radius 3 is 1.05 bits per heavy atom. The zero-order valence-corrected chi connectivity index (χ0v) is 53.8. The van der Waals surface area contributed by atoms with Crippen LogP contribution in [0.15, 0.2) is 24.3 Å². The largest absolute Gasteiger partial charge is 0.394 e. The molecule has 1 aliphatic heterocycles. The maximum Gasteiger partial charge on any atom is 0.249 e. The molecule has 0 aromatic rings. The molecule has 0 aromatic heterocycles. The second kappa shape index (κ2) is 59.9. The summed E-state index contributed by atoms with van der Waals surface area (Å²) in [6.45, 7) is 3.49. The van der Waals surface area contributed by atoms with E-state index in [9.17, 15) is 40.5 Å². The van der Waals surface area contributed by atoms with Gasteiger partial charge in [0.2, 0.25) is 5.91 Å². The highest BCUT2D eigenvalue weighted by atomic mass is 16.7. The first-order chi connectivity index (χ1) is 40.2. The van der Waals surface area contributed by atoms with Gasteiger partial charge < -0.3 is 50.5 Å². The maximum atomic E-state index is 13.2. The molecule has 1 amide bonds. The van der Waals surface area contributed by atoms with Gasteiger partial charge in [-0.2, -0.15) is 0 Å². The second-order valence-corrected chi connectivity index (χ2v) is 25.3. The molecule has 8 N–H and O–H groups in total. The van der Waals surface area contributed by atoms with E-state index in [2.05, 4.69) is 43.5 Å². The number of allylic oxidation sites excluding steroid dienone is 4. The van der Waals surface area contributed by atoms with Crippen LogP contribution in [0.3, 0.4) is 0 Å². The van der Waals surface area contributed by atoms with Crippen molar-refractivity contribution in [1.29, 1.82) is 0 Å². The lowest BCUT2D eigenvalue weighted by Gasteiger charge is -2.40. The van der Waals surface area contributed by atoms with E-state index in [1.54, 1.807) is 0 Å². The number of carbonyl (C=O) groups is 1. The van der Waals surface area contributed by atoms with Gasteiger partial charge in [-0.25, -0.2) is 0 Å². The van der Waals surface area contributed by atoms with Gasteiger partial charge in [0, 0.05) is 0 Å². The molecule has 486 valence electrons. The highest BCUT2D eigenvalue weighted by Crippen LogP contribution is 2.24. The normalized spacial score (nSPS) is 19.2. The minimum Gasteiger partial charge on any atom is -0.394 e. The van der Waals surface area contributed by atoms with Gasteiger partial charge in [0.05, 0.1) is 25.4 Å². The third kappa shape index (κ3) is 46.8. The zero-order chi connectivity index (χ0) is 59.6. The summed E-state index contributed by atoms with van der Waals surface area (Å²) in [5, 5.41) is 76.3. The molecule has 9 unspecified atom stereocenters. The number of amides is 1. The van der Waals surface area contributed by atoms with Crippen LogP contribution in [0.4, 0.5) is 0 Å². The molecule has 1 fully saturated rings. The molecule has 0 spiro atoms. The van der Waals surface area contributed by atoms with E-state index in [-0.39, 0.29) is 12.8 Å². The van der Waals surface area contributed by atoms with Gasteiger partial charge in [-0.1, -0.05) is 314 Å². The number of rotatable bonds is 63. The van der Waals surface area contributed by atoms with Crippen LogP contribution >= 0.6 is 0 Å². The first-order valence-corrected chi connectivity index (χ1v) is 35.7. The summed E-state index contributed by atoms with van der Waals surface area (Å²) in [6, 6.07) is -1.18. The molecule has 9 atom stereocenters. The topological polar surface area (TPSA) is 189 Å². The Balaban J connectivity index is 2.12. The van der Waals surface area contributed by atoms with E-state index in [0.29, 0.717) is 12.8 Å². The molecule has 11 nitrogen and oxygen atoms in total. The maximum absolute atomic E-state index is 13.2. The van der Waals surface area contributed by atoms with Gasteiger partial charge in [0.15, 0.2) is 6.29 Å². The van der Waals surface area contributed by atoms with Gasteiger partial charge >= 0.3 is 0 Å². The van der Waals surface area contributed by atoms with Crippen molar-refractivity contribution in [3.63, 3.8) is 0 Å². The number of aliphatic hydroxyl groups is 7. The zero-order valence-electron chi connectivity index (χ0n) is 53.8. The average Bonchev–Trinajstić information content (AvgIpc) is 3.53. The number of ether oxygens (including phenoxy) is 2. The first-order valence-electron chi connectivity index (χ1n) is 35.7. The predicted molar refractivity (Wildman–Crippen MR) is 344 cm³/mol. The van der Waals surface area contributed by atoms with Gasteiger partial charge in [-0.3, -0.25) is 4.79 Å². The summed E-state index contributed by atoms with van der Waals surface area (Å²) in [4.78, 5) is 13.2. The lowest BCUT2D eigenvalue weighted by atomic mass is 9.98. The Morgan fingerprint density at radius 1 is 0.415 bits per heavy atom. The van der Waals surface area contributed by atoms with Crippen LogP contribution < -0.4 is 5.32 Å². The minimum absolute atomic E-state index is 0.257. The SMILES string of the molecule is CCCCCCCCCCCCCC/C=C/CCCC(O)C(O)C(COC1OC(CO)C(O)C(O)C1O)NC(=O)C(O)CCCCCCCCCCCCCCCCCC/C=C\CCCCCCCCCCCCCCCCCCCC. The Morgan fingerprint density at radius 2 is 0.720 bits per heavy atom.